The molecular weight excluding hydrogens is 496 g/mol. The number of rotatable bonds is 4. The van der Waals surface area contributed by atoms with Gasteiger partial charge in [0, 0.05) is 38.3 Å². The minimum absolute atomic E-state index is 0.0772. The number of urea groups is 1. The van der Waals surface area contributed by atoms with Crippen molar-refractivity contribution in [2.75, 3.05) is 25.9 Å². The molecule has 10 nitrogen and oxygen atoms in total. The molecule has 1 saturated heterocycles. The summed E-state index contributed by atoms with van der Waals surface area (Å²) < 4.78 is 55.7. The van der Waals surface area contributed by atoms with E-state index in [9.17, 15) is 22.8 Å². The first kappa shape index (κ1) is 24.2. The van der Waals surface area contributed by atoms with Crippen molar-refractivity contribution in [2.45, 2.75) is 12.7 Å². The summed E-state index contributed by atoms with van der Waals surface area (Å²) in [6.07, 6.45) is -2.44. The van der Waals surface area contributed by atoms with Gasteiger partial charge >= 0.3 is 12.2 Å². The van der Waals surface area contributed by atoms with Crippen LogP contribution in [-0.2, 0) is 19.8 Å². The van der Waals surface area contributed by atoms with Crippen LogP contribution in [0.1, 0.15) is 21.6 Å². The van der Waals surface area contributed by atoms with Gasteiger partial charge in [0.15, 0.2) is 0 Å². The summed E-state index contributed by atoms with van der Waals surface area (Å²) in [6, 6.07) is 3.79. The van der Waals surface area contributed by atoms with Crippen LogP contribution in [0.25, 0.3) is 21.8 Å². The van der Waals surface area contributed by atoms with Crippen molar-refractivity contribution in [3.63, 3.8) is 0 Å². The summed E-state index contributed by atoms with van der Waals surface area (Å²) >= 11 is 0. The molecule has 1 aliphatic heterocycles. The summed E-state index contributed by atoms with van der Waals surface area (Å²) in [5, 5.41) is 7.19. The Balaban J connectivity index is 1.59. The first-order valence-electron chi connectivity index (χ1n) is 11.0. The second-order valence-electron chi connectivity index (χ2n) is 8.60. The van der Waals surface area contributed by atoms with Gasteiger partial charge in [-0.3, -0.25) is 14.5 Å². The topological polar surface area (TPSA) is 113 Å². The number of aryl methyl sites for hydroxylation is 1. The van der Waals surface area contributed by atoms with Gasteiger partial charge in [-0.05, 0) is 18.2 Å². The largest absolute Gasteiger partial charge is 0.417 e. The predicted octanol–water partition coefficient (Wildman–Crippen LogP) is 3.18. The van der Waals surface area contributed by atoms with Crippen molar-refractivity contribution in [3.05, 3.63) is 59.3 Å². The van der Waals surface area contributed by atoms with Crippen molar-refractivity contribution >= 4 is 39.6 Å². The molecule has 3 aromatic heterocycles. The highest BCUT2D eigenvalue weighted by Gasteiger charge is 2.36. The SMILES string of the molecule is CN1CCN(N(Cc2ccc(C(F)(F)F)cn2)C(=O)c2cc3c(cc2F)nc(N)c2cnn(C)c23)C1=O. The smallest absolute Gasteiger partial charge is 0.383 e. The third-order valence-electron chi connectivity index (χ3n) is 6.21. The summed E-state index contributed by atoms with van der Waals surface area (Å²) in [7, 11) is 3.20. The molecule has 0 radical (unpaired) electrons. The number of alkyl halides is 3. The van der Waals surface area contributed by atoms with Crippen molar-refractivity contribution in [2.24, 2.45) is 7.05 Å². The van der Waals surface area contributed by atoms with Gasteiger partial charge in [-0.2, -0.15) is 18.3 Å². The summed E-state index contributed by atoms with van der Waals surface area (Å²) in [4.78, 5) is 35.8. The molecule has 1 aliphatic rings. The molecule has 192 valence electrons. The van der Waals surface area contributed by atoms with Gasteiger partial charge in [-0.15, -0.1) is 0 Å². The lowest BCUT2D eigenvalue weighted by atomic mass is 10.1. The fourth-order valence-corrected chi connectivity index (χ4v) is 4.25. The Hall–Kier alpha value is -4.49. The van der Waals surface area contributed by atoms with E-state index in [-0.39, 0.29) is 35.7 Å². The van der Waals surface area contributed by atoms with Crippen LogP contribution < -0.4 is 5.73 Å². The van der Waals surface area contributed by atoms with Gasteiger partial charge in [-0.25, -0.2) is 24.2 Å². The van der Waals surface area contributed by atoms with Gasteiger partial charge in [0.05, 0.1) is 52.5 Å². The maximum atomic E-state index is 15.3. The molecule has 0 atom stereocenters. The number of benzene rings is 1. The first-order chi connectivity index (χ1) is 17.5. The van der Waals surface area contributed by atoms with Gasteiger partial charge in [0.2, 0.25) is 0 Å². The normalized spacial score (nSPS) is 14.3. The molecule has 0 spiro atoms. The summed E-state index contributed by atoms with van der Waals surface area (Å²) in [5.41, 5.74) is 5.47. The number of hydrogen-bond acceptors (Lipinski definition) is 6. The Labute approximate surface area is 206 Å². The number of halogens is 4. The van der Waals surface area contributed by atoms with Crippen molar-refractivity contribution in [1.82, 2.24) is 34.7 Å². The highest BCUT2D eigenvalue weighted by atomic mass is 19.4. The fourth-order valence-electron chi connectivity index (χ4n) is 4.25. The molecule has 0 bridgehead atoms. The van der Waals surface area contributed by atoms with Crippen LogP contribution in [0.3, 0.4) is 0 Å². The molecule has 0 unspecified atom stereocenters. The molecule has 4 aromatic rings. The van der Waals surface area contributed by atoms with Crippen LogP contribution in [0.4, 0.5) is 28.2 Å². The van der Waals surface area contributed by atoms with Crippen molar-refractivity contribution in [3.8, 4) is 0 Å². The van der Waals surface area contributed by atoms with E-state index in [1.165, 1.54) is 28.9 Å². The number of amides is 3. The van der Waals surface area contributed by atoms with Crippen molar-refractivity contribution < 1.29 is 27.2 Å². The van der Waals surface area contributed by atoms with E-state index in [1.807, 2.05) is 0 Å². The average Bonchev–Trinajstić information content (AvgIpc) is 3.39. The van der Waals surface area contributed by atoms with E-state index in [4.69, 9.17) is 5.73 Å². The fraction of sp³-hybridized carbons (Fsp3) is 0.261. The molecule has 5 rings (SSSR count). The quantitative estimate of drug-likeness (QED) is 0.417. The van der Waals surface area contributed by atoms with Crippen molar-refractivity contribution in [1.29, 1.82) is 0 Å². The standard InChI is InChI=1S/C23H20F4N8O2/c1-32-5-6-34(22(32)37)35(11-13-4-3-12(9-29-13)23(25,26)27)21(36)14-7-15-18(8-17(14)24)31-20(28)16-10-30-33(2)19(15)16/h3-4,7-10H,5-6,11H2,1-2H3,(H2,28,31). The van der Waals surface area contributed by atoms with Crippen LogP contribution in [-0.4, -0.2) is 66.7 Å². The maximum absolute atomic E-state index is 15.3. The molecule has 3 amide bonds. The van der Waals surface area contributed by atoms with Crippen LogP contribution in [0.2, 0.25) is 0 Å². The lowest BCUT2D eigenvalue weighted by Gasteiger charge is -2.31. The average molecular weight is 516 g/mol. The van der Waals surface area contributed by atoms with Gasteiger partial charge in [0.25, 0.3) is 5.91 Å². The van der Waals surface area contributed by atoms with E-state index < -0.39 is 29.5 Å². The van der Waals surface area contributed by atoms with E-state index in [0.29, 0.717) is 29.0 Å². The lowest BCUT2D eigenvalue weighted by molar-refractivity contribution is -0.137. The minimum Gasteiger partial charge on any atom is -0.383 e. The molecule has 4 heterocycles. The molecule has 2 N–H and O–H groups in total. The first-order valence-corrected chi connectivity index (χ1v) is 11.0. The van der Waals surface area contributed by atoms with Crippen LogP contribution in [0, 0.1) is 5.82 Å². The number of pyridine rings is 2. The number of fused-ring (bicyclic) bond motifs is 3. The molecule has 1 aromatic carbocycles. The molecule has 1 fully saturated rings. The Bertz CT molecular complexity index is 1550. The molecular formula is C23H20F4N8O2. The number of aromatic nitrogens is 4. The zero-order valence-electron chi connectivity index (χ0n) is 19.6. The Kier molecular flexibility index (Phi) is 5.61. The summed E-state index contributed by atoms with van der Waals surface area (Å²) in [5.74, 6) is -1.64. The number of carbonyl (C=O) groups is 2. The number of likely N-dealkylation sites (N-methyl/N-ethyl adjacent to an activating group) is 1. The number of hydrazine groups is 1. The van der Waals surface area contributed by atoms with E-state index >= 15 is 4.39 Å². The number of anilines is 1. The maximum Gasteiger partial charge on any atom is 0.417 e. The van der Waals surface area contributed by atoms with E-state index in [1.54, 1.807) is 7.05 Å². The predicted molar refractivity (Wildman–Crippen MR) is 124 cm³/mol. The number of nitrogen functional groups attached to an aromatic ring is 1. The number of nitrogens with zero attached hydrogens (tertiary/aromatic N) is 7. The highest BCUT2D eigenvalue weighted by molar-refractivity contribution is 6.10. The number of hydrogen-bond donors (Lipinski definition) is 1. The highest BCUT2D eigenvalue weighted by Crippen LogP contribution is 2.31. The van der Waals surface area contributed by atoms with Crippen LogP contribution in [0.15, 0.2) is 36.7 Å². The minimum atomic E-state index is -4.59. The molecule has 14 heteroatoms. The summed E-state index contributed by atoms with van der Waals surface area (Å²) in [6.45, 7) is 0.0399. The zero-order valence-corrected chi connectivity index (χ0v) is 19.6. The molecule has 0 saturated carbocycles. The van der Waals surface area contributed by atoms with E-state index in [2.05, 4.69) is 15.1 Å². The molecule has 37 heavy (non-hydrogen) atoms. The Morgan fingerprint density at radius 3 is 2.51 bits per heavy atom. The van der Waals surface area contributed by atoms with Crippen LogP contribution in [0.5, 0.6) is 0 Å². The van der Waals surface area contributed by atoms with Crippen LogP contribution >= 0.6 is 0 Å². The number of carbonyl (C=O) groups excluding carboxylic acids is 2. The second kappa shape index (κ2) is 8.57. The van der Waals surface area contributed by atoms with E-state index in [0.717, 1.165) is 28.2 Å². The Morgan fingerprint density at radius 1 is 1.14 bits per heavy atom. The third-order valence-corrected chi connectivity index (χ3v) is 6.21. The number of nitrogens with two attached hydrogens (primary N) is 1. The van der Waals surface area contributed by atoms with Gasteiger partial charge < -0.3 is 10.6 Å². The molecule has 0 aliphatic carbocycles. The van der Waals surface area contributed by atoms with Gasteiger partial charge in [-0.1, -0.05) is 0 Å². The lowest BCUT2D eigenvalue weighted by Crippen LogP contribution is -2.48. The third kappa shape index (κ3) is 4.13. The van der Waals surface area contributed by atoms with Gasteiger partial charge in [0.1, 0.15) is 11.6 Å². The monoisotopic (exact) mass is 516 g/mol. The second-order valence-corrected chi connectivity index (χ2v) is 8.60. The Morgan fingerprint density at radius 2 is 1.89 bits per heavy atom. The zero-order chi connectivity index (χ0) is 26.6.